The second kappa shape index (κ2) is 7.85. The van der Waals surface area contributed by atoms with E-state index in [0.29, 0.717) is 17.9 Å². The molecule has 0 heterocycles. The van der Waals surface area contributed by atoms with Crippen LogP contribution in [-0.4, -0.2) is 31.3 Å². The summed E-state index contributed by atoms with van der Waals surface area (Å²) in [6.07, 6.45) is 0. The minimum absolute atomic E-state index is 0.127. The number of hydrogen-bond donors (Lipinski definition) is 1. The SMILES string of the molecule is CCOC(=O)C(COc1ccc(F)cc1C)NC(C)C. The summed E-state index contributed by atoms with van der Waals surface area (Å²) in [5.74, 6) is -0.0932. The first-order chi connectivity index (χ1) is 9.43. The lowest BCUT2D eigenvalue weighted by Gasteiger charge is -2.20. The van der Waals surface area contributed by atoms with Gasteiger partial charge in [-0.3, -0.25) is 10.1 Å². The first-order valence-electron chi connectivity index (χ1n) is 6.75. The molecule has 0 fully saturated rings. The number of halogens is 1. The van der Waals surface area contributed by atoms with E-state index in [0.717, 1.165) is 0 Å². The highest BCUT2D eigenvalue weighted by Gasteiger charge is 2.21. The Bertz CT molecular complexity index is 449. The van der Waals surface area contributed by atoms with Gasteiger partial charge in [0.05, 0.1) is 6.61 Å². The first-order valence-corrected chi connectivity index (χ1v) is 6.75. The molecule has 0 bridgehead atoms. The van der Waals surface area contributed by atoms with E-state index >= 15 is 0 Å². The van der Waals surface area contributed by atoms with Crippen molar-refractivity contribution in [2.75, 3.05) is 13.2 Å². The van der Waals surface area contributed by atoms with Gasteiger partial charge in [-0.05, 0) is 37.6 Å². The molecule has 1 aromatic carbocycles. The molecule has 0 saturated carbocycles. The number of benzene rings is 1. The van der Waals surface area contributed by atoms with Crippen molar-refractivity contribution < 1.29 is 18.7 Å². The van der Waals surface area contributed by atoms with Gasteiger partial charge in [-0.15, -0.1) is 0 Å². The van der Waals surface area contributed by atoms with Crippen molar-refractivity contribution in [3.8, 4) is 5.75 Å². The smallest absolute Gasteiger partial charge is 0.326 e. The molecule has 1 rings (SSSR count). The van der Waals surface area contributed by atoms with Gasteiger partial charge in [-0.1, -0.05) is 13.8 Å². The zero-order valence-electron chi connectivity index (χ0n) is 12.4. The van der Waals surface area contributed by atoms with E-state index in [4.69, 9.17) is 9.47 Å². The average Bonchev–Trinajstić information content (AvgIpc) is 2.36. The van der Waals surface area contributed by atoms with Crippen molar-refractivity contribution in [3.05, 3.63) is 29.6 Å². The molecule has 1 unspecified atom stereocenters. The van der Waals surface area contributed by atoms with Gasteiger partial charge in [0.25, 0.3) is 0 Å². The maximum atomic E-state index is 13.0. The van der Waals surface area contributed by atoms with Crippen LogP contribution in [0.15, 0.2) is 18.2 Å². The van der Waals surface area contributed by atoms with Crippen LogP contribution in [0.1, 0.15) is 26.3 Å². The van der Waals surface area contributed by atoms with Crippen LogP contribution >= 0.6 is 0 Å². The Labute approximate surface area is 119 Å². The molecule has 112 valence electrons. The third-order valence-electron chi connectivity index (χ3n) is 2.65. The zero-order chi connectivity index (χ0) is 15.1. The van der Waals surface area contributed by atoms with E-state index in [2.05, 4.69) is 5.32 Å². The molecule has 1 aromatic rings. The molecule has 1 atom stereocenters. The fourth-order valence-corrected chi connectivity index (χ4v) is 1.78. The van der Waals surface area contributed by atoms with Crippen molar-refractivity contribution in [3.63, 3.8) is 0 Å². The number of ether oxygens (including phenoxy) is 2. The van der Waals surface area contributed by atoms with Gasteiger partial charge in [0, 0.05) is 6.04 Å². The summed E-state index contributed by atoms with van der Waals surface area (Å²) in [4.78, 5) is 11.8. The number of carbonyl (C=O) groups is 1. The average molecular weight is 283 g/mol. The monoisotopic (exact) mass is 283 g/mol. The predicted octanol–water partition coefficient (Wildman–Crippen LogP) is 2.44. The molecule has 4 nitrogen and oxygen atoms in total. The second-order valence-corrected chi connectivity index (χ2v) is 4.85. The van der Waals surface area contributed by atoms with E-state index < -0.39 is 6.04 Å². The second-order valence-electron chi connectivity index (χ2n) is 4.85. The molecule has 5 heteroatoms. The van der Waals surface area contributed by atoms with Crippen LogP contribution in [-0.2, 0) is 9.53 Å². The Hall–Kier alpha value is -1.62. The molecule has 0 aliphatic carbocycles. The zero-order valence-corrected chi connectivity index (χ0v) is 12.4. The molecule has 0 aromatic heterocycles. The van der Waals surface area contributed by atoms with Crippen LogP contribution in [0.25, 0.3) is 0 Å². The number of carbonyl (C=O) groups excluding carboxylic acids is 1. The predicted molar refractivity (Wildman–Crippen MR) is 75.3 cm³/mol. The van der Waals surface area contributed by atoms with E-state index in [1.54, 1.807) is 19.9 Å². The van der Waals surface area contributed by atoms with Crippen molar-refractivity contribution in [2.45, 2.75) is 39.8 Å². The van der Waals surface area contributed by atoms with Gasteiger partial charge in [-0.25, -0.2) is 4.39 Å². The van der Waals surface area contributed by atoms with Gasteiger partial charge < -0.3 is 9.47 Å². The number of esters is 1. The topological polar surface area (TPSA) is 47.6 Å². The minimum Gasteiger partial charge on any atom is -0.491 e. The van der Waals surface area contributed by atoms with Gasteiger partial charge in [0.2, 0.25) is 0 Å². The van der Waals surface area contributed by atoms with Crippen molar-refractivity contribution in [1.82, 2.24) is 5.32 Å². The lowest BCUT2D eigenvalue weighted by molar-refractivity contribution is -0.146. The Balaban J connectivity index is 2.67. The molecule has 0 aliphatic rings. The molecule has 0 amide bonds. The maximum Gasteiger partial charge on any atom is 0.326 e. The molecule has 1 N–H and O–H groups in total. The van der Waals surface area contributed by atoms with E-state index in [1.165, 1.54) is 12.1 Å². The number of hydrogen-bond acceptors (Lipinski definition) is 4. The third kappa shape index (κ3) is 5.17. The summed E-state index contributed by atoms with van der Waals surface area (Å²) >= 11 is 0. The number of aryl methyl sites for hydroxylation is 1. The van der Waals surface area contributed by atoms with E-state index in [1.807, 2.05) is 13.8 Å². The fourth-order valence-electron chi connectivity index (χ4n) is 1.78. The standard InChI is InChI=1S/C15H22FNO3/c1-5-19-15(18)13(17-10(2)3)9-20-14-7-6-12(16)8-11(14)4/h6-8,10,13,17H,5,9H2,1-4H3. The Morgan fingerprint density at radius 2 is 2.10 bits per heavy atom. The molecule has 0 radical (unpaired) electrons. The summed E-state index contributed by atoms with van der Waals surface area (Å²) in [5, 5.41) is 3.09. The molecule has 0 saturated heterocycles. The van der Waals surface area contributed by atoms with Crippen LogP contribution in [0, 0.1) is 12.7 Å². The Morgan fingerprint density at radius 3 is 2.65 bits per heavy atom. The summed E-state index contributed by atoms with van der Waals surface area (Å²) in [6, 6.07) is 3.87. The highest BCUT2D eigenvalue weighted by atomic mass is 19.1. The van der Waals surface area contributed by atoms with E-state index in [-0.39, 0.29) is 24.4 Å². The van der Waals surface area contributed by atoms with Crippen LogP contribution in [0.2, 0.25) is 0 Å². The van der Waals surface area contributed by atoms with Gasteiger partial charge in [0.1, 0.15) is 24.2 Å². The van der Waals surface area contributed by atoms with Crippen LogP contribution in [0.3, 0.4) is 0 Å². The lowest BCUT2D eigenvalue weighted by atomic mass is 10.2. The number of rotatable bonds is 7. The molecule has 0 spiro atoms. The maximum absolute atomic E-state index is 13.0. The van der Waals surface area contributed by atoms with Crippen LogP contribution in [0.4, 0.5) is 4.39 Å². The van der Waals surface area contributed by atoms with Gasteiger partial charge in [-0.2, -0.15) is 0 Å². The fraction of sp³-hybridized carbons (Fsp3) is 0.533. The quantitative estimate of drug-likeness (QED) is 0.781. The normalized spacial score (nSPS) is 12.3. The third-order valence-corrected chi connectivity index (χ3v) is 2.65. The van der Waals surface area contributed by atoms with E-state index in [9.17, 15) is 9.18 Å². The summed E-state index contributed by atoms with van der Waals surface area (Å²) < 4.78 is 23.6. The summed E-state index contributed by atoms with van der Waals surface area (Å²) in [5.41, 5.74) is 0.692. The number of nitrogens with one attached hydrogen (secondary N) is 1. The van der Waals surface area contributed by atoms with Gasteiger partial charge in [0.15, 0.2) is 0 Å². The Morgan fingerprint density at radius 1 is 1.40 bits per heavy atom. The largest absolute Gasteiger partial charge is 0.491 e. The highest BCUT2D eigenvalue weighted by molar-refractivity contribution is 5.76. The summed E-state index contributed by atoms with van der Waals surface area (Å²) in [7, 11) is 0. The van der Waals surface area contributed by atoms with Crippen LogP contribution in [0.5, 0.6) is 5.75 Å². The summed E-state index contributed by atoms with van der Waals surface area (Å²) in [6.45, 7) is 7.86. The highest BCUT2D eigenvalue weighted by Crippen LogP contribution is 2.18. The molecular weight excluding hydrogens is 261 g/mol. The van der Waals surface area contributed by atoms with Crippen molar-refractivity contribution in [1.29, 1.82) is 0 Å². The molecular formula is C15H22FNO3. The van der Waals surface area contributed by atoms with Crippen molar-refractivity contribution >= 4 is 5.97 Å². The molecule has 0 aliphatic heterocycles. The molecule has 20 heavy (non-hydrogen) atoms. The van der Waals surface area contributed by atoms with Gasteiger partial charge >= 0.3 is 5.97 Å². The minimum atomic E-state index is -0.542. The lowest BCUT2D eigenvalue weighted by Crippen LogP contribution is -2.45. The first kappa shape index (κ1) is 16.4. The van der Waals surface area contributed by atoms with Crippen LogP contribution < -0.4 is 10.1 Å². The Kier molecular flexibility index (Phi) is 6.45. The van der Waals surface area contributed by atoms with Crippen molar-refractivity contribution in [2.24, 2.45) is 0 Å².